The fraction of sp³-hybridized carbons (Fsp3) is 0.750. The number of amides is 2. The highest BCUT2D eigenvalue weighted by atomic mass is 32.2. The number of hydrogen-bond donors (Lipinski definition) is 4. The molecule has 0 aromatic heterocycles. The Hall–Kier alpha value is -1.35. The normalized spacial score (nSPS) is 12.8. The maximum absolute atomic E-state index is 11.1. The second-order valence-electron chi connectivity index (χ2n) is 3.21. The van der Waals surface area contributed by atoms with Crippen molar-refractivity contribution in [3.8, 4) is 0 Å². The predicted octanol–water partition coefficient (Wildman–Crippen LogP) is -1.83. The van der Waals surface area contributed by atoms with E-state index in [2.05, 4.69) is 5.32 Å². The van der Waals surface area contributed by atoms with E-state index in [4.69, 9.17) is 10.2 Å². The third-order valence-corrected chi connectivity index (χ3v) is 3.63. The molecule has 0 aromatic carbocycles. The Balaban J connectivity index is 4.00. The van der Waals surface area contributed by atoms with Crippen LogP contribution in [0, 0.1) is 0 Å². The van der Waals surface area contributed by atoms with E-state index in [1.165, 1.54) is 6.92 Å². The molecule has 0 spiro atoms. The Kier molecular flexibility index (Phi) is 6.51. The molecule has 0 unspecified atom stereocenters. The molecule has 4 N–H and O–H groups in total. The highest BCUT2D eigenvalue weighted by Gasteiger charge is 2.18. The molecule has 9 heteroatoms. The lowest BCUT2D eigenvalue weighted by molar-refractivity contribution is -0.140. The van der Waals surface area contributed by atoms with Crippen molar-refractivity contribution in [3.63, 3.8) is 0 Å². The van der Waals surface area contributed by atoms with Gasteiger partial charge >= 0.3 is 12.0 Å². The first-order chi connectivity index (χ1) is 7.82. The summed E-state index contributed by atoms with van der Waals surface area (Å²) in [4.78, 5) is 21.5. The van der Waals surface area contributed by atoms with Crippen LogP contribution in [0.3, 0.4) is 0 Å². The third kappa shape index (κ3) is 6.74. The Labute approximate surface area is 98.9 Å². The number of aliphatic hydroxyl groups excluding tert-OH is 1. The molecule has 2 amide bonds. The average molecular weight is 268 g/mol. The minimum Gasteiger partial charge on any atom is -0.480 e. The zero-order valence-electron chi connectivity index (χ0n) is 9.34. The predicted molar refractivity (Wildman–Crippen MR) is 59.4 cm³/mol. The molecule has 0 radical (unpaired) electrons. The van der Waals surface area contributed by atoms with Crippen LogP contribution in [0.5, 0.6) is 0 Å². The van der Waals surface area contributed by atoms with Gasteiger partial charge in [0, 0.05) is 12.3 Å². The summed E-state index contributed by atoms with van der Waals surface area (Å²) in [7, 11) is -3.17. The van der Waals surface area contributed by atoms with Gasteiger partial charge in [0.05, 0.1) is 12.4 Å². The number of sulfone groups is 1. The molecular formula is C8H16N2O6S. The average Bonchev–Trinajstić information content (AvgIpc) is 2.25. The summed E-state index contributed by atoms with van der Waals surface area (Å²) in [6, 6.07) is -2.24. The fourth-order valence-corrected chi connectivity index (χ4v) is 1.56. The topological polar surface area (TPSA) is 133 Å². The van der Waals surface area contributed by atoms with Crippen LogP contribution in [0.2, 0.25) is 0 Å². The van der Waals surface area contributed by atoms with Crippen molar-refractivity contribution in [2.45, 2.75) is 13.0 Å². The third-order valence-electron chi connectivity index (χ3n) is 1.92. The molecule has 0 rings (SSSR count). The first-order valence-corrected chi connectivity index (χ1v) is 6.73. The zero-order chi connectivity index (χ0) is 13.5. The number of carbonyl (C=O) groups is 2. The summed E-state index contributed by atoms with van der Waals surface area (Å²) in [6.45, 7) is 0.636. The minimum atomic E-state index is -3.17. The van der Waals surface area contributed by atoms with Crippen molar-refractivity contribution in [2.75, 3.05) is 24.7 Å². The number of urea groups is 1. The second-order valence-corrected chi connectivity index (χ2v) is 5.68. The quantitative estimate of drug-likeness (QED) is 0.429. The number of aliphatic carboxylic acids is 1. The van der Waals surface area contributed by atoms with Gasteiger partial charge in [-0.15, -0.1) is 0 Å². The van der Waals surface area contributed by atoms with E-state index in [9.17, 15) is 18.0 Å². The van der Waals surface area contributed by atoms with E-state index in [1.807, 2.05) is 5.32 Å². The summed E-state index contributed by atoms with van der Waals surface area (Å²) >= 11 is 0. The van der Waals surface area contributed by atoms with E-state index in [-0.39, 0.29) is 18.1 Å². The molecule has 1 atom stereocenters. The Morgan fingerprint density at radius 2 is 1.94 bits per heavy atom. The first kappa shape index (κ1) is 15.7. The lowest BCUT2D eigenvalue weighted by atomic mass is 10.3. The standard InChI is InChI=1S/C8H16N2O6S/c1-2-17(15,16)4-3-9-8(14)10-6(5-11)7(12)13/h6,11H,2-5H2,1H3,(H,12,13)(H2,9,10,14)/t6-/m1/s1. The molecule has 0 bridgehead atoms. The Morgan fingerprint density at radius 1 is 1.35 bits per heavy atom. The van der Waals surface area contributed by atoms with E-state index >= 15 is 0 Å². The van der Waals surface area contributed by atoms with Crippen molar-refractivity contribution >= 4 is 21.8 Å². The molecular weight excluding hydrogens is 252 g/mol. The Bertz CT molecular complexity index is 366. The van der Waals surface area contributed by atoms with Crippen LogP contribution in [0.15, 0.2) is 0 Å². The number of carboxylic acid groups (broad SMARTS) is 1. The van der Waals surface area contributed by atoms with Crippen LogP contribution in [0.4, 0.5) is 4.79 Å². The zero-order valence-corrected chi connectivity index (χ0v) is 10.2. The highest BCUT2D eigenvalue weighted by Crippen LogP contribution is 1.87. The van der Waals surface area contributed by atoms with Gasteiger partial charge in [-0.2, -0.15) is 0 Å². The molecule has 0 aliphatic carbocycles. The first-order valence-electron chi connectivity index (χ1n) is 4.91. The van der Waals surface area contributed by atoms with Crippen molar-refractivity contribution in [1.29, 1.82) is 0 Å². The number of carbonyl (C=O) groups excluding carboxylic acids is 1. The number of rotatable bonds is 7. The SMILES string of the molecule is CCS(=O)(=O)CCNC(=O)N[C@H](CO)C(=O)O. The molecule has 0 saturated heterocycles. The molecule has 0 aliphatic heterocycles. The summed E-state index contributed by atoms with van der Waals surface area (Å²) in [6.07, 6.45) is 0. The molecule has 0 fully saturated rings. The van der Waals surface area contributed by atoms with Crippen LogP contribution in [-0.2, 0) is 14.6 Å². The summed E-state index contributed by atoms with van der Waals surface area (Å²) in [5, 5.41) is 21.3. The molecule has 0 saturated carbocycles. The smallest absolute Gasteiger partial charge is 0.328 e. The highest BCUT2D eigenvalue weighted by molar-refractivity contribution is 7.91. The van der Waals surface area contributed by atoms with E-state index in [1.54, 1.807) is 0 Å². The molecule has 100 valence electrons. The minimum absolute atomic E-state index is 0.0231. The van der Waals surface area contributed by atoms with Gasteiger partial charge in [0.25, 0.3) is 0 Å². The van der Waals surface area contributed by atoms with E-state index in [0.717, 1.165) is 0 Å². The summed E-state index contributed by atoms with van der Waals surface area (Å²) in [5.74, 6) is -1.61. The number of aliphatic hydroxyl groups is 1. The van der Waals surface area contributed by atoms with E-state index in [0.29, 0.717) is 0 Å². The van der Waals surface area contributed by atoms with Crippen LogP contribution in [0.1, 0.15) is 6.92 Å². The second kappa shape index (κ2) is 7.07. The lowest BCUT2D eigenvalue weighted by Gasteiger charge is -2.12. The van der Waals surface area contributed by atoms with Gasteiger partial charge in [0.2, 0.25) is 0 Å². The number of carboxylic acids is 1. The molecule has 8 nitrogen and oxygen atoms in total. The lowest BCUT2D eigenvalue weighted by Crippen LogP contribution is -2.48. The number of nitrogens with one attached hydrogen (secondary N) is 2. The van der Waals surface area contributed by atoms with Crippen molar-refractivity contribution in [1.82, 2.24) is 10.6 Å². The van der Waals surface area contributed by atoms with Gasteiger partial charge in [-0.05, 0) is 0 Å². The van der Waals surface area contributed by atoms with Gasteiger partial charge in [-0.25, -0.2) is 18.0 Å². The Morgan fingerprint density at radius 3 is 2.35 bits per heavy atom. The van der Waals surface area contributed by atoms with Crippen molar-refractivity contribution in [2.24, 2.45) is 0 Å². The van der Waals surface area contributed by atoms with E-state index < -0.39 is 34.5 Å². The van der Waals surface area contributed by atoms with Crippen molar-refractivity contribution < 1.29 is 28.2 Å². The van der Waals surface area contributed by atoms with Gasteiger partial charge in [-0.1, -0.05) is 6.92 Å². The van der Waals surface area contributed by atoms with Gasteiger partial charge in [0.1, 0.15) is 0 Å². The maximum atomic E-state index is 11.1. The molecule has 0 heterocycles. The van der Waals surface area contributed by atoms with Crippen LogP contribution < -0.4 is 10.6 Å². The van der Waals surface area contributed by atoms with Crippen LogP contribution in [-0.4, -0.2) is 61.3 Å². The van der Waals surface area contributed by atoms with Gasteiger partial charge in [0.15, 0.2) is 15.9 Å². The van der Waals surface area contributed by atoms with Gasteiger partial charge < -0.3 is 20.8 Å². The summed E-state index contributed by atoms with van der Waals surface area (Å²) in [5.41, 5.74) is 0. The van der Waals surface area contributed by atoms with Gasteiger partial charge in [-0.3, -0.25) is 0 Å². The molecule has 0 aromatic rings. The number of hydrogen-bond acceptors (Lipinski definition) is 5. The largest absolute Gasteiger partial charge is 0.480 e. The molecule has 0 aliphatic rings. The fourth-order valence-electron chi connectivity index (χ4n) is 0.859. The summed E-state index contributed by atoms with van der Waals surface area (Å²) < 4.78 is 22.1. The monoisotopic (exact) mass is 268 g/mol. The maximum Gasteiger partial charge on any atom is 0.328 e. The van der Waals surface area contributed by atoms with Crippen LogP contribution >= 0.6 is 0 Å². The van der Waals surface area contributed by atoms with Crippen molar-refractivity contribution in [3.05, 3.63) is 0 Å². The van der Waals surface area contributed by atoms with Crippen LogP contribution in [0.25, 0.3) is 0 Å². The molecule has 17 heavy (non-hydrogen) atoms.